The van der Waals surface area contributed by atoms with Crippen molar-refractivity contribution >= 4 is 23.0 Å². The van der Waals surface area contributed by atoms with Crippen LogP contribution in [0.15, 0.2) is 52.3 Å². The van der Waals surface area contributed by atoms with Crippen LogP contribution in [0.3, 0.4) is 0 Å². The number of fused-ring (bicyclic) bond motifs is 3. The van der Waals surface area contributed by atoms with E-state index in [0.29, 0.717) is 22.8 Å². The van der Waals surface area contributed by atoms with Gasteiger partial charge in [0, 0.05) is 44.0 Å². The maximum Gasteiger partial charge on any atom is 0.226 e. The summed E-state index contributed by atoms with van der Waals surface area (Å²) in [6.07, 6.45) is 3.52. The number of guanidine groups is 1. The highest BCUT2D eigenvalue weighted by Crippen LogP contribution is 2.35. The summed E-state index contributed by atoms with van der Waals surface area (Å²) in [5.74, 6) is 0.562. The lowest BCUT2D eigenvalue weighted by Crippen LogP contribution is -2.20. The normalized spacial score (nSPS) is 16.0. The Morgan fingerprint density at radius 3 is 2.48 bits per heavy atom. The molecule has 4 rings (SSSR count). The van der Waals surface area contributed by atoms with Gasteiger partial charge < -0.3 is 4.90 Å². The van der Waals surface area contributed by atoms with Crippen LogP contribution in [0, 0.1) is 0 Å². The molecular formula is C17H15N5O. The molecule has 1 aliphatic carbocycles. The van der Waals surface area contributed by atoms with Crippen molar-refractivity contribution < 1.29 is 4.79 Å². The Morgan fingerprint density at radius 1 is 1.09 bits per heavy atom. The van der Waals surface area contributed by atoms with E-state index in [1.807, 2.05) is 56.5 Å². The number of carbonyl (C=O) groups is 1. The molecule has 0 fully saturated rings. The Morgan fingerprint density at radius 2 is 1.83 bits per heavy atom. The van der Waals surface area contributed by atoms with Crippen LogP contribution in [-0.4, -0.2) is 46.2 Å². The van der Waals surface area contributed by atoms with E-state index >= 15 is 0 Å². The predicted octanol–water partition coefficient (Wildman–Crippen LogP) is 1.75. The lowest BCUT2D eigenvalue weighted by atomic mass is 9.85. The number of ketones is 1. The van der Waals surface area contributed by atoms with E-state index in [0.717, 1.165) is 16.8 Å². The Bertz CT molecular complexity index is 930. The molecule has 2 aromatic rings. The molecule has 0 atom stereocenters. The highest BCUT2D eigenvalue weighted by Gasteiger charge is 2.35. The second kappa shape index (κ2) is 4.74. The zero-order chi connectivity index (χ0) is 16.1. The van der Waals surface area contributed by atoms with Gasteiger partial charge in [0.25, 0.3) is 0 Å². The summed E-state index contributed by atoms with van der Waals surface area (Å²) in [5.41, 5.74) is 4.20. The van der Waals surface area contributed by atoms with E-state index in [1.165, 1.54) is 0 Å². The van der Waals surface area contributed by atoms with Crippen LogP contribution < -0.4 is 0 Å². The van der Waals surface area contributed by atoms with Crippen molar-refractivity contribution in [3.63, 3.8) is 0 Å². The Labute approximate surface area is 133 Å². The quantitative estimate of drug-likeness (QED) is 0.806. The molecule has 0 saturated heterocycles. The fourth-order valence-electron chi connectivity index (χ4n) is 2.84. The zero-order valence-electron chi connectivity index (χ0n) is 13.1. The first kappa shape index (κ1) is 13.6. The molecule has 6 nitrogen and oxygen atoms in total. The highest BCUT2D eigenvalue weighted by molar-refractivity contribution is 6.43. The molecule has 0 amide bonds. The Kier molecular flexibility index (Phi) is 2.81. The number of aliphatic imine (C=N–C) groups is 2. The van der Waals surface area contributed by atoms with Crippen LogP contribution in [0.4, 0.5) is 0 Å². The van der Waals surface area contributed by atoms with Gasteiger partial charge in [-0.25, -0.2) is 9.98 Å². The van der Waals surface area contributed by atoms with Crippen molar-refractivity contribution in [2.75, 3.05) is 14.1 Å². The standard InChI is InChI=1S/C17H15N5O/c1-21(2)17-19-14-11-6-4-5-7-12(11)16(23)13(15(14)20-17)10-8-18-22(3)9-10/h4-9H,1-3H3. The van der Waals surface area contributed by atoms with Crippen molar-refractivity contribution in [3.8, 4) is 0 Å². The van der Waals surface area contributed by atoms with Gasteiger partial charge in [0.05, 0.1) is 11.8 Å². The number of nitrogens with zero attached hydrogens (tertiary/aromatic N) is 5. The summed E-state index contributed by atoms with van der Waals surface area (Å²) in [7, 11) is 5.60. The molecule has 0 bridgehead atoms. The Hall–Kier alpha value is -3.02. The van der Waals surface area contributed by atoms with Gasteiger partial charge in [-0.3, -0.25) is 9.48 Å². The van der Waals surface area contributed by atoms with Crippen molar-refractivity contribution in [3.05, 3.63) is 59.0 Å². The third kappa shape index (κ3) is 1.95. The molecule has 0 radical (unpaired) electrons. The van der Waals surface area contributed by atoms with E-state index in [1.54, 1.807) is 10.9 Å². The number of carbonyl (C=O) groups excluding carboxylic acids is 1. The van der Waals surface area contributed by atoms with Crippen LogP contribution in [0.5, 0.6) is 0 Å². The summed E-state index contributed by atoms with van der Waals surface area (Å²) >= 11 is 0. The molecule has 1 aliphatic heterocycles. The van der Waals surface area contributed by atoms with E-state index in [2.05, 4.69) is 15.1 Å². The van der Waals surface area contributed by atoms with Gasteiger partial charge in [-0.05, 0) is 0 Å². The van der Waals surface area contributed by atoms with Crippen LogP contribution in [0.1, 0.15) is 21.5 Å². The number of rotatable bonds is 1. The van der Waals surface area contributed by atoms with E-state index in [-0.39, 0.29) is 5.78 Å². The van der Waals surface area contributed by atoms with Gasteiger partial charge in [-0.15, -0.1) is 0 Å². The smallest absolute Gasteiger partial charge is 0.226 e. The molecule has 0 N–H and O–H groups in total. The second-order valence-corrected chi connectivity index (χ2v) is 5.77. The summed E-state index contributed by atoms with van der Waals surface area (Å²) in [4.78, 5) is 24.1. The van der Waals surface area contributed by atoms with Crippen LogP contribution >= 0.6 is 0 Å². The highest BCUT2D eigenvalue weighted by atomic mass is 16.1. The van der Waals surface area contributed by atoms with Gasteiger partial charge in [0.1, 0.15) is 11.4 Å². The van der Waals surface area contributed by atoms with Gasteiger partial charge in [-0.1, -0.05) is 24.3 Å². The van der Waals surface area contributed by atoms with Crippen molar-refractivity contribution in [2.45, 2.75) is 0 Å². The number of aromatic nitrogens is 2. The topological polar surface area (TPSA) is 62.9 Å². The van der Waals surface area contributed by atoms with Crippen LogP contribution in [0.25, 0.3) is 5.57 Å². The van der Waals surface area contributed by atoms with E-state index < -0.39 is 0 Å². The maximum absolute atomic E-state index is 13.0. The summed E-state index contributed by atoms with van der Waals surface area (Å²) in [5, 5.41) is 4.18. The molecule has 114 valence electrons. The molecule has 6 heteroatoms. The first-order chi connectivity index (χ1) is 11.1. The third-order valence-corrected chi connectivity index (χ3v) is 3.93. The molecule has 0 unspecified atom stereocenters. The van der Waals surface area contributed by atoms with Gasteiger partial charge in [0.15, 0.2) is 5.78 Å². The molecule has 2 aliphatic rings. The number of hydrogen-bond donors (Lipinski definition) is 0. The van der Waals surface area contributed by atoms with E-state index in [9.17, 15) is 4.79 Å². The predicted molar refractivity (Wildman–Crippen MR) is 88.6 cm³/mol. The Balaban J connectivity index is 2.02. The van der Waals surface area contributed by atoms with Gasteiger partial charge in [0.2, 0.25) is 5.96 Å². The lowest BCUT2D eigenvalue weighted by molar-refractivity contribution is 0.105. The van der Waals surface area contributed by atoms with Crippen LogP contribution in [-0.2, 0) is 7.05 Å². The van der Waals surface area contributed by atoms with E-state index in [4.69, 9.17) is 0 Å². The average molecular weight is 305 g/mol. The number of aryl methyl sites for hydroxylation is 1. The minimum atomic E-state index is -0.0358. The second-order valence-electron chi connectivity index (χ2n) is 5.77. The molecule has 23 heavy (non-hydrogen) atoms. The largest absolute Gasteiger partial charge is 0.347 e. The van der Waals surface area contributed by atoms with Crippen molar-refractivity contribution in [1.82, 2.24) is 14.7 Å². The maximum atomic E-state index is 13.0. The average Bonchev–Trinajstić information content (AvgIpc) is 3.15. The monoisotopic (exact) mass is 305 g/mol. The molecule has 1 aromatic heterocycles. The minimum absolute atomic E-state index is 0.0358. The number of hydrogen-bond acceptors (Lipinski definition) is 5. The number of Topliss-reactive ketones (excluding diaryl/α,β-unsaturated/α-hetero) is 1. The first-order valence-corrected chi connectivity index (χ1v) is 7.28. The van der Waals surface area contributed by atoms with Gasteiger partial charge >= 0.3 is 0 Å². The molecule has 0 saturated carbocycles. The summed E-state index contributed by atoms with van der Waals surface area (Å²) in [6.45, 7) is 0. The third-order valence-electron chi connectivity index (χ3n) is 3.93. The minimum Gasteiger partial charge on any atom is -0.347 e. The molecule has 0 spiro atoms. The SMILES string of the molecule is CN(C)C1=NC2=C(c3cnn(C)c3)C(=O)c3ccccc3C2=N1. The van der Waals surface area contributed by atoms with Crippen molar-refractivity contribution in [2.24, 2.45) is 17.0 Å². The zero-order valence-corrected chi connectivity index (χ0v) is 13.1. The van der Waals surface area contributed by atoms with Crippen LogP contribution in [0.2, 0.25) is 0 Å². The molecule has 2 heterocycles. The number of allylic oxidation sites excluding steroid dienone is 2. The molecule has 1 aromatic carbocycles. The first-order valence-electron chi connectivity index (χ1n) is 7.28. The fraction of sp³-hybridized carbons (Fsp3) is 0.176. The summed E-state index contributed by atoms with van der Waals surface area (Å²) in [6, 6.07) is 7.53. The number of benzene rings is 1. The molecular weight excluding hydrogens is 290 g/mol. The van der Waals surface area contributed by atoms with Gasteiger partial charge in [-0.2, -0.15) is 5.10 Å². The summed E-state index contributed by atoms with van der Waals surface area (Å²) < 4.78 is 1.68. The lowest BCUT2D eigenvalue weighted by Gasteiger charge is -2.18. The fourth-order valence-corrected chi connectivity index (χ4v) is 2.84. The van der Waals surface area contributed by atoms with Crippen molar-refractivity contribution in [1.29, 1.82) is 0 Å².